The molecule has 0 fully saturated rings. The van der Waals surface area contributed by atoms with Crippen LogP contribution in [0.3, 0.4) is 0 Å². The van der Waals surface area contributed by atoms with Crippen LogP contribution in [0, 0.1) is 4.77 Å². The Morgan fingerprint density at radius 2 is 1.82 bits per heavy atom. The molecule has 0 radical (unpaired) electrons. The van der Waals surface area contributed by atoms with Crippen molar-refractivity contribution in [2.45, 2.75) is 25.7 Å². The van der Waals surface area contributed by atoms with Gasteiger partial charge in [0.05, 0.1) is 13.2 Å². The van der Waals surface area contributed by atoms with E-state index >= 15 is 0 Å². The Morgan fingerprint density at radius 3 is 2.41 bits per heavy atom. The molecule has 2 N–H and O–H groups in total. The quantitative estimate of drug-likeness (QED) is 0.311. The van der Waals surface area contributed by atoms with E-state index in [-0.39, 0.29) is 16.9 Å². The number of hydrogen-bond donors (Lipinski definition) is 2. The van der Waals surface area contributed by atoms with Gasteiger partial charge in [0.1, 0.15) is 5.56 Å². The summed E-state index contributed by atoms with van der Waals surface area (Å²) in [6.45, 7) is 3.87. The highest BCUT2D eigenvalue weighted by atomic mass is 32.1. The van der Waals surface area contributed by atoms with E-state index in [1.165, 1.54) is 6.20 Å². The van der Waals surface area contributed by atoms with Gasteiger partial charge in [-0.05, 0) is 37.9 Å². The van der Waals surface area contributed by atoms with E-state index in [0.29, 0.717) is 13.0 Å². The van der Waals surface area contributed by atoms with E-state index in [2.05, 4.69) is 16.5 Å². The monoisotopic (exact) mass is 326 g/mol. The summed E-state index contributed by atoms with van der Waals surface area (Å²) in [6.07, 6.45) is 5.44. The summed E-state index contributed by atoms with van der Waals surface area (Å²) in [4.78, 5) is 38.8. The molecule has 1 rings (SSSR count). The fourth-order valence-corrected chi connectivity index (χ4v) is 1.75. The molecule has 22 heavy (non-hydrogen) atoms. The molecule has 0 spiro atoms. The van der Waals surface area contributed by atoms with E-state index in [1.54, 1.807) is 0 Å². The van der Waals surface area contributed by atoms with Crippen LogP contribution in [-0.2, 0) is 14.3 Å². The summed E-state index contributed by atoms with van der Waals surface area (Å²) in [5, 5.41) is 0. The van der Waals surface area contributed by atoms with Gasteiger partial charge >= 0.3 is 11.9 Å². The van der Waals surface area contributed by atoms with Crippen LogP contribution in [0.5, 0.6) is 0 Å². The molecule has 0 aliphatic rings. The maximum Gasteiger partial charge on any atom is 0.345 e. The van der Waals surface area contributed by atoms with Crippen molar-refractivity contribution in [3.05, 3.63) is 39.5 Å². The maximum atomic E-state index is 11.7. The Kier molecular flexibility index (Phi) is 7.84. The summed E-state index contributed by atoms with van der Waals surface area (Å²) in [7, 11) is 0. The lowest BCUT2D eigenvalue weighted by molar-refractivity contribution is -0.137. The van der Waals surface area contributed by atoms with E-state index in [1.807, 2.05) is 0 Å². The fraction of sp³-hybridized carbons (Fsp3) is 0.429. The third-order valence-corrected chi connectivity index (χ3v) is 2.94. The first-order valence-corrected chi connectivity index (χ1v) is 7.23. The van der Waals surface area contributed by atoms with Crippen molar-refractivity contribution in [2.24, 2.45) is 0 Å². The number of hydrogen-bond acceptors (Lipinski definition) is 6. The molecule has 0 amide bonds. The van der Waals surface area contributed by atoms with Gasteiger partial charge in [0.15, 0.2) is 4.77 Å². The van der Waals surface area contributed by atoms with Gasteiger partial charge < -0.3 is 14.5 Å². The number of aromatic amines is 2. The number of aromatic nitrogens is 2. The van der Waals surface area contributed by atoms with E-state index in [0.717, 1.165) is 25.3 Å². The average molecular weight is 326 g/mol. The second kappa shape index (κ2) is 9.67. The number of ether oxygens (including phenoxy) is 2. The molecule has 1 aromatic heterocycles. The third-order valence-electron chi connectivity index (χ3n) is 2.72. The highest BCUT2D eigenvalue weighted by molar-refractivity contribution is 7.71. The van der Waals surface area contributed by atoms with E-state index < -0.39 is 17.5 Å². The third kappa shape index (κ3) is 6.49. The maximum absolute atomic E-state index is 11.7. The largest absolute Gasteiger partial charge is 0.463 e. The normalized spacial score (nSPS) is 10.0. The van der Waals surface area contributed by atoms with Gasteiger partial charge in [-0.2, -0.15) is 0 Å². The standard InChI is InChI=1S/C14H18N2O5S/c1-2-11(17)20-7-5-3-4-6-8-21-13(19)10-9-15-14(22)16-12(10)18/h2,9H,1,3-8H2,(H2,15,16,18,22). The molecule has 0 unspecified atom stereocenters. The first-order chi connectivity index (χ1) is 10.5. The Balaban J connectivity index is 2.15. The van der Waals surface area contributed by atoms with Crippen LogP contribution < -0.4 is 5.56 Å². The summed E-state index contributed by atoms with van der Waals surface area (Å²) < 4.78 is 9.97. The number of unbranched alkanes of at least 4 members (excludes halogenated alkanes) is 3. The summed E-state index contributed by atoms with van der Waals surface area (Å²) in [5.74, 6) is -1.12. The minimum Gasteiger partial charge on any atom is -0.463 e. The summed E-state index contributed by atoms with van der Waals surface area (Å²) in [6, 6.07) is 0. The Labute approximate surface area is 132 Å². The molecule has 120 valence electrons. The SMILES string of the molecule is C=CC(=O)OCCCCCCOC(=O)c1c[nH]c(=S)[nH]c1=O. The van der Waals surface area contributed by atoms with Gasteiger partial charge in [-0.25, -0.2) is 9.59 Å². The predicted octanol–water partition coefficient (Wildman–Crippen LogP) is 1.88. The second-order valence-electron chi connectivity index (χ2n) is 4.41. The molecule has 0 atom stereocenters. The number of carbonyl (C=O) groups excluding carboxylic acids is 2. The average Bonchev–Trinajstić information content (AvgIpc) is 2.49. The first-order valence-electron chi connectivity index (χ1n) is 6.83. The van der Waals surface area contributed by atoms with Crippen LogP contribution in [0.4, 0.5) is 0 Å². The predicted molar refractivity (Wildman–Crippen MR) is 82.2 cm³/mol. The minimum atomic E-state index is -0.688. The van der Waals surface area contributed by atoms with Gasteiger partial charge in [0.25, 0.3) is 5.56 Å². The summed E-state index contributed by atoms with van der Waals surface area (Å²) >= 11 is 4.73. The number of H-pyrrole nitrogens is 2. The van der Waals surface area contributed by atoms with Crippen LogP contribution >= 0.6 is 12.2 Å². The number of esters is 2. The highest BCUT2D eigenvalue weighted by Gasteiger charge is 2.11. The lowest BCUT2D eigenvalue weighted by Gasteiger charge is -2.04. The zero-order chi connectivity index (χ0) is 16.4. The smallest absolute Gasteiger partial charge is 0.345 e. The van der Waals surface area contributed by atoms with E-state index in [9.17, 15) is 14.4 Å². The first kappa shape index (κ1) is 17.8. The van der Waals surface area contributed by atoms with E-state index in [4.69, 9.17) is 21.7 Å². The Morgan fingerprint density at radius 1 is 1.18 bits per heavy atom. The molecule has 0 saturated heterocycles. The molecular weight excluding hydrogens is 308 g/mol. The van der Waals surface area contributed by atoms with Gasteiger partial charge in [0, 0.05) is 12.3 Å². The number of nitrogens with one attached hydrogen (secondary N) is 2. The molecular formula is C14H18N2O5S. The van der Waals surface area contributed by atoms with Crippen molar-refractivity contribution in [3.63, 3.8) is 0 Å². The molecule has 0 bridgehead atoms. The molecule has 1 heterocycles. The number of carbonyl (C=O) groups is 2. The molecule has 0 aliphatic carbocycles. The Bertz CT molecular complexity index is 635. The van der Waals surface area contributed by atoms with Crippen molar-refractivity contribution < 1.29 is 19.1 Å². The summed E-state index contributed by atoms with van der Waals surface area (Å²) in [5.41, 5.74) is -0.678. The molecule has 7 nitrogen and oxygen atoms in total. The molecule has 1 aromatic rings. The van der Waals surface area contributed by atoms with Gasteiger partial charge in [-0.1, -0.05) is 6.58 Å². The van der Waals surface area contributed by atoms with Crippen molar-refractivity contribution >= 4 is 24.2 Å². The molecule has 0 aliphatic heterocycles. The van der Waals surface area contributed by atoms with Gasteiger partial charge in [-0.3, -0.25) is 9.78 Å². The fourth-order valence-electron chi connectivity index (χ4n) is 1.59. The van der Waals surface area contributed by atoms with Crippen molar-refractivity contribution in [3.8, 4) is 0 Å². The van der Waals surface area contributed by atoms with Crippen molar-refractivity contribution in [1.82, 2.24) is 9.97 Å². The van der Waals surface area contributed by atoms with Crippen molar-refractivity contribution in [1.29, 1.82) is 0 Å². The minimum absolute atomic E-state index is 0.107. The zero-order valence-corrected chi connectivity index (χ0v) is 12.9. The van der Waals surface area contributed by atoms with Crippen LogP contribution in [0.1, 0.15) is 36.0 Å². The van der Waals surface area contributed by atoms with Crippen LogP contribution in [0.15, 0.2) is 23.6 Å². The topological polar surface area (TPSA) is 101 Å². The van der Waals surface area contributed by atoms with Gasteiger partial charge in [0.2, 0.25) is 0 Å². The van der Waals surface area contributed by atoms with Gasteiger partial charge in [-0.15, -0.1) is 0 Å². The number of rotatable bonds is 9. The van der Waals surface area contributed by atoms with Crippen LogP contribution in [0.25, 0.3) is 0 Å². The van der Waals surface area contributed by atoms with Crippen molar-refractivity contribution in [2.75, 3.05) is 13.2 Å². The highest BCUT2D eigenvalue weighted by Crippen LogP contribution is 2.02. The Hall–Kier alpha value is -2.22. The lowest BCUT2D eigenvalue weighted by atomic mass is 10.2. The molecule has 0 aromatic carbocycles. The zero-order valence-electron chi connectivity index (χ0n) is 12.1. The molecule has 0 saturated carbocycles. The van der Waals surface area contributed by atoms with Crippen LogP contribution in [0.2, 0.25) is 0 Å². The van der Waals surface area contributed by atoms with Crippen LogP contribution in [-0.4, -0.2) is 35.1 Å². The lowest BCUT2D eigenvalue weighted by Crippen LogP contribution is -2.20. The second-order valence-corrected chi connectivity index (χ2v) is 4.82. The molecule has 8 heteroatoms.